The number of ether oxygens (including phenoxy) is 1. The van der Waals surface area contributed by atoms with Crippen LogP contribution in [0.2, 0.25) is 0 Å². The summed E-state index contributed by atoms with van der Waals surface area (Å²) in [5.74, 6) is -0.946. The number of aliphatic hydroxyl groups excluding tert-OH is 1. The Morgan fingerprint density at radius 1 is 1.64 bits per heavy atom. The van der Waals surface area contributed by atoms with E-state index < -0.39 is 18.0 Å². The summed E-state index contributed by atoms with van der Waals surface area (Å²) in [6, 6.07) is 0. The van der Waals surface area contributed by atoms with Crippen LogP contribution in [0.3, 0.4) is 0 Å². The van der Waals surface area contributed by atoms with E-state index >= 15 is 0 Å². The molecule has 11 heavy (non-hydrogen) atoms. The number of methoxy groups -OCH3 is 1. The topological polar surface area (TPSA) is 46.5 Å². The van der Waals surface area contributed by atoms with Crippen molar-refractivity contribution < 1.29 is 14.6 Å². The lowest BCUT2D eigenvalue weighted by molar-refractivity contribution is -0.147. The van der Waals surface area contributed by atoms with Crippen LogP contribution in [0.1, 0.15) is 13.8 Å². The van der Waals surface area contributed by atoms with Gasteiger partial charge in [-0.2, -0.15) is 0 Å². The van der Waals surface area contributed by atoms with Crippen LogP contribution < -0.4 is 0 Å². The molecule has 2 atom stereocenters. The van der Waals surface area contributed by atoms with Crippen molar-refractivity contribution in [2.75, 3.05) is 7.11 Å². The van der Waals surface area contributed by atoms with Gasteiger partial charge in [0.2, 0.25) is 0 Å². The van der Waals surface area contributed by atoms with Gasteiger partial charge in [0, 0.05) is 0 Å². The first-order valence-corrected chi connectivity index (χ1v) is 3.42. The van der Waals surface area contributed by atoms with Crippen LogP contribution in [-0.2, 0) is 9.53 Å². The minimum atomic E-state index is -0.803. The van der Waals surface area contributed by atoms with E-state index in [0.717, 1.165) is 0 Å². The monoisotopic (exact) mass is 158 g/mol. The average Bonchev–Trinajstić information content (AvgIpc) is 2.00. The van der Waals surface area contributed by atoms with Crippen molar-refractivity contribution >= 4 is 5.97 Å². The normalized spacial score (nSPS) is 15.3. The predicted molar refractivity (Wildman–Crippen MR) is 42.0 cm³/mol. The van der Waals surface area contributed by atoms with Gasteiger partial charge in [0.1, 0.15) is 0 Å². The van der Waals surface area contributed by atoms with E-state index in [9.17, 15) is 9.90 Å². The van der Waals surface area contributed by atoms with Gasteiger partial charge in [-0.15, -0.1) is 0 Å². The maximum absolute atomic E-state index is 10.8. The number of aliphatic hydroxyl groups is 1. The lowest BCUT2D eigenvalue weighted by atomic mass is 10.00. The van der Waals surface area contributed by atoms with E-state index in [1.165, 1.54) is 7.11 Å². The first-order valence-electron chi connectivity index (χ1n) is 3.42. The van der Waals surface area contributed by atoms with Gasteiger partial charge < -0.3 is 9.84 Å². The third-order valence-corrected chi connectivity index (χ3v) is 1.55. The molecule has 0 unspecified atom stereocenters. The van der Waals surface area contributed by atoms with E-state index in [-0.39, 0.29) is 0 Å². The number of hydrogen-bond acceptors (Lipinski definition) is 3. The molecule has 0 heterocycles. The second kappa shape index (κ2) is 4.13. The summed E-state index contributed by atoms with van der Waals surface area (Å²) < 4.78 is 4.44. The maximum atomic E-state index is 10.8. The average molecular weight is 158 g/mol. The molecule has 0 aliphatic heterocycles. The van der Waals surface area contributed by atoms with E-state index in [2.05, 4.69) is 11.3 Å². The van der Waals surface area contributed by atoms with E-state index in [0.29, 0.717) is 5.57 Å². The smallest absolute Gasteiger partial charge is 0.311 e. The summed E-state index contributed by atoms with van der Waals surface area (Å²) in [6.07, 6.45) is -0.803. The quantitative estimate of drug-likeness (QED) is 0.486. The molecule has 0 aliphatic carbocycles. The van der Waals surface area contributed by atoms with Crippen molar-refractivity contribution in [2.24, 2.45) is 5.92 Å². The SMILES string of the molecule is C=C(C)[C@@H](O)[C@@H](C)C(=O)OC. The fourth-order valence-electron chi connectivity index (χ4n) is 0.742. The molecule has 0 rings (SSSR count). The van der Waals surface area contributed by atoms with Gasteiger partial charge in [0.15, 0.2) is 0 Å². The Balaban J connectivity index is 4.12. The molecule has 0 aromatic carbocycles. The summed E-state index contributed by atoms with van der Waals surface area (Å²) in [5, 5.41) is 9.30. The molecule has 1 N–H and O–H groups in total. The molecule has 0 saturated heterocycles. The van der Waals surface area contributed by atoms with Crippen molar-refractivity contribution in [3.63, 3.8) is 0 Å². The van der Waals surface area contributed by atoms with Gasteiger partial charge in [-0.05, 0) is 13.8 Å². The molecule has 0 aromatic heterocycles. The number of esters is 1. The summed E-state index contributed by atoms with van der Waals surface area (Å²) in [4.78, 5) is 10.8. The minimum absolute atomic E-state index is 0.416. The molecule has 0 radical (unpaired) electrons. The Morgan fingerprint density at radius 3 is 2.36 bits per heavy atom. The summed E-state index contributed by atoms with van der Waals surface area (Å²) in [7, 11) is 1.30. The molecule has 0 aliphatic rings. The molecular weight excluding hydrogens is 144 g/mol. The number of rotatable bonds is 3. The highest BCUT2D eigenvalue weighted by molar-refractivity contribution is 5.73. The van der Waals surface area contributed by atoms with E-state index in [1.807, 2.05) is 0 Å². The van der Waals surface area contributed by atoms with Crippen LogP contribution in [0.25, 0.3) is 0 Å². The van der Waals surface area contributed by atoms with Crippen molar-refractivity contribution in [1.29, 1.82) is 0 Å². The van der Waals surface area contributed by atoms with Gasteiger partial charge in [-0.1, -0.05) is 12.2 Å². The lowest BCUT2D eigenvalue weighted by Crippen LogP contribution is -2.27. The Morgan fingerprint density at radius 2 is 2.09 bits per heavy atom. The Hall–Kier alpha value is -0.830. The van der Waals surface area contributed by atoms with Crippen LogP contribution in [0.4, 0.5) is 0 Å². The third-order valence-electron chi connectivity index (χ3n) is 1.55. The highest BCUT2D eigenvalue weighted by Crippen LogP contribution is 2.11. The largest absolute Gasteiger partial charge is 0.469 e. The first kappa shape index (κ1) is 10.2. The lowest BCUT2D eigenvalue weighted by Gasteiger charge is -2.15. The second-order valence-electron chi connectivity index (χ2n) is 2.60. The molecule has 0 bridgehead atoms. The fraction of sp³-hybridized carbons (Fsp3) is 0.625. The van der Waals surface area contributed by atoms with Gasteiger partial charge in [0.25, 0.3) is 0 Å². The Bertz CT molecular complexity index is 163. The number of carbonyl (C=O) groups is 1. The van der Waals surface area contributed by atoms with Gasteiger partial charge >= 0.3 is 5.97 Å². The van der Waals surface area contributed by atoms with Crippen molar-refractivity contribution in [1.82, 2.24) is 0 Å². The van der Waals surface area contributed by atoms with Crippen LogP contribution in [0.15, 0.2) is 12.2 Å². The van der Waals surface area contributed by atoms with Gasteiger partial charge in [0.05, 0.1) is 19.1 Å². The van der Waals surface area contributed by atoms with Crippen LogP contribution in [-0.4, -0.2) is 24.3 Å². The van der Waals surface area contributed by atoms with Gasteiger partial charge in [-0.3, -0.25) is 4.79 Å². The summed E-state index contributed by atoms with van der Waals surface area (Å²) in [5.41, 5.74) is 0.572. The zero-order valence-electron chi connectivity index (χ0n) is 7.13. The molecular formula is C8H14O3. The molecule has 3 heteroatoms. The van der Waals surface area contributed by atoms with Crippen LogP contribution >= 0.6 is 0 Å². The van der Waals surface area contributed by atoms with E-state index in [1.54, 1.807) is 13.8 Å². The third kappa shape index (κ3) is 2.72. The molecule has 0 fully saturated rings. The molecule has 0 spiro atoms. The molecule has 64 valence electrons. The Kier molecular flexibility index (Phi) is 3.82. The van der Waals surface area contributed by atoms with Gasteiger partial charge in [-0.25, -0.2) is 0 Å². The zero-order valence-corrected chi connectivity index (χ0v) is 7.13. The molecule has 0 aromatic rings. The summed E-state index contributed by atoms with van der Waals surface area (Å²) >= 11 is 0. The number of carbonyl (C=O) groups excluding carboxylic acids is 1. The maximum Gasteiger partial charge on any atom is 0.311 e. The van der Waals surface area contributed by atoms with Crippen molar-refractivity contribution in [3.8, 4) is 0 Å². The number of hydrogen-bond donors (Lipinski definition) is 1. The van der Waals surface area contributed by atoms with Crippen molar-refractivity contribution in [2.45, 2.75) is 20.0 Å². The van der Waals surface area contributed by atoms with Crippen LogP contribution in [0, 0.1) is 5.92 Å². The molecule has 0 saturated carbocycles. The molecule has 0 amide bonds. The first-order chi connectivity index (χ1) is 5.00. The highest BCUT2D eigenvalue weighted by atomic mass is 16.5. The predicted octanol–water partition coefficient (Wildman–Crippen LogP) is 0.732. The zero-order chi connectivity index (χ0) is 9.02. The van der Waals surface area contributed by atoms with E-state index in [4.69, 9.17) is 0 Å². The fourth-order valence-corrected chi connectivity index (χ4v) is 0.742. The standard InChI is InChI=1S/C8H14O3/c1-5(2)7(9)6(3)8(10)11-4/h6-7,9H,1H2,2-4H3/t6-,7-/m1/s1. The van der Waals surface area contributed by atoms with Crippen LogP contribution in [0.5, 0.6) is 0 Å². The molecule has 3 nitrogen and oxygen atoms in total. The van der Waals surface area contributed by atoms with Crippen molar-refractivity contribution in [3.05, 3.63) is 12.2 Å². The highest BCUT2D eigenvalue weighted by Gasteiger charge is 2.22. The minimum Gasteiger partial charge on any atom is -0.469 e. The second-order valence-corrected chi connectivity index (χ2v) is 2.60. The Labute approximate surface area is 66.7 Å². The summed E-state index contributed by atoms with van der Waals surface area (Å²) in [6.45, 7) is 6.81.